The number of anilines is 3. The number of nitrogens with two attached hydrogens (primary N) is 1. The van der Waals surface area contributed by atoms with Gasteiger partial charge in [0.1, 0.15) is 42.4 Å². The van der Waals surface area contributed by atoms with Crippen LogP contribution in [0.1, 0.15) is 45.1 Å². The molecule has 3 aliphatic heterocycles. The number of nitrogens with one attached hydrogen (secondary N) is 2. The highest BCUT2D eigenvalue weighted by Gasteiger charge is 2.61. The van der Waals surface area contributed by atoms with Gasteiger partial charge in [0.05, 0.1) is 26.0 Å². The van der Waals surface area contributed by atoms with Gasteiger partial charge in [-0.25, -0.2) is 39.4 Å². The summed E-state index contributed by atoms with van der Waals surface area (Å²) in [5.41, 5.74) is -0.149. The van der Waals surface area contributed by atoms with Gasteiger partial charge in [-0.3, -0.25) is 13.7 Å². The van der Waals surface area contributed by atoms with Crippen molar-refractivity contribution in [3.8, 4) is 35.5 Å². The molecule has 24 nitrogen and oxygen atoms in total. The molecule has 6 rings (SSSR count). The van der Waals surface area contributed by atoms with E-state index in [1.54, 1.807) is 0 Å². The second-order valence-electron chi connectivity index (χ2n) is 14.0. The van der Waals surface area contributed by atoms with Crippen molar-refractivity contribution in [2.45, 2.75) is 99.8 Å². The minimum Gasteiger partial charge on any atom is -0.394 e. The molecule has 0 amide bonds. The fraction of sp³-hybridized carbons (Fsp3) is 0.514. The summed E-state index contributed by atoms with van der Waals surface area (Å²) in [6.45, 7) is 3.10. The summed E-state index contributed by atoms with van der Waals surface area (Å²) in [7, 11) is 0. The standard InChI is InChI=1S/C37H42FN9O15/c1-5-9-35(57)25(51)20(15-48)58-29(35)47-18(4)13-24(41-34(47)56)43-61-37(11-7-3)27(53)22(17-50)60-31(37)46-14-19(38)28(42-33(46)55)44-62-36(10-6-2)26(52)21(16-49)59-30(36)45-12-8-23(39)40-32(45)54/h8,12-14,20-22,25-27,29-31,48-53,57H,15-17H2,1-4H3,(H2,39,40,54)(H,41,43,56)(H,42,44,55)/t20-,21-,22-,25+,26+,27+,29-,30-,31-,35?,36?,37?/m1/s1. The zero-order valence-corrected chi connectivity index (χ0v) is 33.2. The van der Waals surface area contributed by atoms with Crippen molar-refractivity contribution in [3.63, 3.8) is 0 Å². The lowest BCUT2D eigenvalue weighted by molar-refractivity contribution is -0.0995. The highest BCUT2D eigenvalue weighted by molar-refractivity contribution is 5.37. The maximum absolute atomic E-state index is 16.0. The Morgan fingerprint density at radius 3 is 1.82 bits per heavy atom. The summed E-state index contributed by atoms with van der Waals surface area (Å²) in [4.78, 5) is 62.7. The summed E-state index contributed by atoms with van der Waals surface area (Å²) in [6.07, 6.45) is -13.1. The highest BCUT2D eigenvalue weighted by Crippen LogP contribution is 2.43. The predicted molar refractivity (Wildman–Crippen MR) is 206 cm³/mol. The molecule has 0 aliphatic carbocycles. The minimum atomic E-state index is -2.39. The molecule has 0 aromatic carbocycles. The molecule has 25 heteroatoms. The van der Waals surface area contributed by atoms with Gasteiger partial charge in [0.2, 0.25) is 11.2 Å². The number of hydrogen-bond donors (Lipinski definition) is 10. The van der Waals surface area contributed by atoms with E-state index in [4.69, 9.17) is 29.6 Å². The van der Waals surface area contributed by atoms with Crippen LogP contribution in [0.2, 0.25) is 0 Å². The Hall–Kier alpha value is -5.83. The Morgan fingerprint density at radius 2 is 1.29 bits per heavy atom. The summed E-state index contributed by atoms with van der Waals surface area (Å²) in [5, 5.41) is 74.2. The van der Waals surface area contributed by atoms with Crippen LogP contribution < -0.4 is 33.8 Å². The largest absolute Gasteiger partial charge is 0.394 e. The first-order valence-corrected chi connectivity index (χ1v) is 18.5. The number of nitrogen functional groups attached to an aromatic ring is 1. The number of ether oxygens (including phenoxy) is 3. The van der Waals surface area contributed by atoms with Crippen molar-refractivity contribution in [1.82, 2.24) is 28.7 Å². The van der Waals surface area contributed by atoms with Gasteiger partial charge in [-0.1, -0.05) is 17.8 Å². The number of nitrogens with zero attached hydrogens (tertiary/aromatic N) is 6. The van der Waals surface area contributed by atoms with Crippen molar-refractivity contribution in [3.05, 3.63) is 67.5 Å². The number of aryl methyl sites for hydroxylation is 1. The molecule has 0 spiro atoms. The third kappa shape index (κ3) is 7.68. The third-order valence-corrected chi connectivity index (χ3v) is 10.2. The van der Waals surface area contributed by atoms with Crippen LogP contribution in [0.25, 0.3) is 0 Å². The van der Waals surface area contributed by atoms with E-state index < -0.39 is 121 Å². The number of rotatable bonds is 12. The van der Waals surface area contributed by atoms with E-state index in [2.05, 4.69) is 61.4 Å². The number of halogens is 1. The SMILES string of the molecule is CC#CC1(O)[C@@H](O)[C@@H](CO)O[C@H]1n1c(C)cc(NOC2(C#CC)[C@@H](O)[C@@H](CO)O[C@H]2n2cc(F)c(NOC3(C#CC)[C@@H](O)[C@@H](CO)O[C@H]3n3ccc(N)nc3=O)nc2=O)nc1=O. The Balaban J connectivity index is 1.32. The topological polar surface area (TPSA) is 343 Å². The molecular formula is C37H42FN9O15. The molecule has 12 atom stereocenters. The monoisotopic (exact) mass is 871 g/mol. The smallest absolute Gasteiger partial charge is 0.352 e. The number of aliphatic hydroxyl groups is 7. The van der Waals surface area contributed by atoms with Crippen LogP contribution in [0, 0.1) is 48.3 Å². The molecule has 332 valence electrons. The summed E-state index contributed by atoms with van der Waals surface area (Å²) < 4.78 is 35.4. The van der Waals surface area contributed by atoms with Crippen LogP contribution in [0.5, 0.6) is 0 Å². The third-order valence-electron chi connectivity index (χ3n) is 10.2. The zero-order valence-electron chi connectivity index (χ0n) is 33.2. The molecular weight excluding hydrogens is 829 g/mol. The van der Waals surface area contributed by atoms with Crippen LogP contribution in [0.4, 0.5) is 21.8 Å². The van der Waals surface area contributed by atoms with Crippen molar-refractivity contribution in [2.75, 3.05) is 36.5 Å². The molecule has 11 N–H and O–H groups in total. The lowest BCUT2D eigenvalue weighted by Gasteiger charge is -2.32. The summed E-state index contributed by atoms with van der Waals surface area (Å²) in [5.74, 6) is 12.4. The molecule has 3 aliphatic rings. The molecule has 3 aromatic heterocycles. The first-order chi connectivity index (χ1) is 29.5. The zero-order chi connectivity index (χ0) is 45.3. The summed E-state index contributed by atoms with van der Waals surface area (Å²) in [6, 6.07) is 2.46. The first kappa shape index (κ1) is 45.7. The molecule has 3 fully saturated rings. The van der Waals surface area contributed by atoms with E-state index in [0.29, 0.717) is 10.8 Å². The molecule has 62 heavy (non-hydrogen) atoms. The van der Waals surface area contributed by atoms with Crippen molar-refractivity contribution >= 4 is 17.5 Å². The normalized spacial score (nSPS) is 32.5. The van der Waals surface area contributed by atoms with E-state index in [-0.39, 0.29) is 17.3 Å². The predicted octanol–water partition coefficient (Wildman–Crippen LogP) is -4.50. The average Bonchev–Trinajstić information content (AvgIpc) is 3.76. The van der Waals surface area contributed by atoms with Gasteiger partial charge in [-0.2, -0.15) is 15.0 Å². The molecule has 0 saturated carbocycles. The lowest BCUT2D eigenvalue weighted by Crippen LogP contribution is -2.52. The Bertz CT molecular complexity index is 2560. The van der Waals surface area contributed by atoms with Gasteiger partial charge < -0.3 is 55.7 Å². The van der Waals surface area contributed by atoms with E-state index in [0.717, 1.165) is 15.3 Å². The van der Waals surface area contributed by atoms with E-state index in [9.17, 15) is 50.1 Å². The fourth-order valence-electron chi connectivity index (χ4n) is 7.30. The maximum atomic E-state index is 16.0. The molecule has 3 unspecified atom stereocenters. The van der Waals surface area contributed by atoms with Gasteiger partial charge in [-0.15, -0.1) is 17.8 Å². The Kier molecular flexibility index (Phi) is 13.2. The van der Waals surface area contributed by atoms with Crippen LogP contribution in [0.15, 0.2) is 38.9 Å². The van der Waals surface area contributed by atoms with Crippen molar-refractivity contribution in [2.24, 2.45) is 0 Å². The van der Waals surface area contributed by atoms with Gasteiger partial charge in [0.15, 0.2) is 41.7 Å². The lowest BCUT2D eigenvalue weighted by atomic mass is 9.94. The first-order valence-electron chi connectivity index (χ1n) is 18.5. The van der Waals surface area contributed by atoms with E-state index >= 15 is 4.39 Å². The van der Waals surface area contributed by atoms with Gasteiger partial charge in [0.25, 0.3) is 0 Å². The van der Waals surface area contributed by atoms with Gasteiger partial charge in [0, 0.05) is 18.0 Å². The number of aromatic nitrogens is 6. The number of hydrogen-bond acceptors (Lipinski definition) is 21. The van der Waals surface area contributed by atoms with E-state index in [1.165, 1.54) is 39.8 Å². The minimum absolute atomic E-state index is 0.0541. The second-order valence-corrected chi connectivity index (χ2v) is 14.0. The molecule has 0 bridgehead atoms. The van der Waals surface area contributed by atoms with E-state index in [1.807, 2.05) is 0 Å². The van der Waals surface area contributed by atoms with Crippen molar-refractivity contribution in [1.29, 1.82) is 0 Å². The average molecular weight is 872 g/mol. The fourth-order valence-corrected chi connectivity index (χ4v) is 7.30. The quantitative estimate of drug-likeness (QED) is 0.0606. The van der Waals surface area contributed by atoms with Crippen LogP contribution in [-0.2, 0) is 23.9 Å². The molecule has 6 heterocycles. The molecule has 0 radical (unpaired) electrons. The summed E-state index contributed by atoms with van der Waals surface area (Å²) >= 11 is 0. The van der Waals surface area contributed by atoms with Crippen LogP contribution >= 0.6 is 0 Å². The highest BCUT2D eigenvalue weighted by atomic mass is 19.1. The molecule has 3 saturated heterocycles. The number of aliphatic hydroxyl groups excluding tert-OH is 6. The van der Waals surface area contributed by atoms with Gasteiger partial charge in [-0.05, 0) is 33.8 Å². The van der Waals surface area contributed by atoms with Crippen LogP contribution in [-0.4, -0.2) is 138 Å². The molecule has 3 aromatic rings. The van der Waals surface area contributed by atoms with Crippen LogP contribution in [0.3, 0.4) is 0 Å². The Labute approximate surface area is 349 Å². The van der Waals surface area contributed by atoms with Gasteiger partial charge >= 0.3 is 17.1 Å². The Morgan fingerprint density at radius 1 is 0.774 bits per heavy atom. The second kappa shape index (κ2) is 17.9. The maximum Gasteiger partial charge on any atom is 0.352 e. The van der Waals surface area contributed by atoms with Crippen molar-refractivity contribution < 1.29 is 64.0 Å².